The first kappa shape index (κ1) is 12.0. The van der Waals surface area contributed by atoms with Crippen molar-refractivity contribution in [2.45, 2.75) is 45.6 Å². The third-order valence-electron chi connectivity index (χ3n) is 2.97. The van der Waals surface area contributed by atoms with E-state index in [4.69, 9.17) is 5.11 Å². The largest absolute Gasteiger partial charge is 0.481 e. The van der Waals surface area contributed by atoms with Crippen LogP contribution in [-0.2, 0) is 9.59 Å². The van der Waals surface area contributed by atoms with Crippen molar-refractivity contribution < 1.29 is 14.7 Å². The molecule has 1 aliphatic heterocycles. The summed E-state index contributed by atoms with van der Waals surface area (Å²) >= 11 is 0. The first-order valence-electron chi connectivity index (χ1n) is 5.52. The van der Waals surface area contributed by atoms with Crippen LogP contribution < -0.4 is 5.32 Å². The second-order valence-corrected chi connectivity index (χ2v) is 4.59. The number of carboxylic acid groups (broad SMARTS) is 1. The molecule has 0 aromatic heterocycles. The third kappa shape index (κ3) is 3.53. The number of carbonyl (C=O) groups excluding carboxylic acids is 1. The molecular formula is C11H19NO3. The van der Waals surface area contributed by atoms with E-state index >= 15 is 0 Å². The molecule has 0 saturated carbocycles. The molecule has 4 heteroatoms. The van der Waals surface area contributed by atoms with Gasteiger partial charge in [0.1, 0.15) is 0 Å². The van der Waals surface area contributed by atoms with Gasteiger partial charge in [0.15, 0.2) is 0 Å². The lowest BCUT2D eigenvalue weighted by Crippen LogP contribution is -2.42. The zero-order valence-corrected chi connectivity index (χ0v) is 9.32. The Balaban J connectivity index is 2.70. The second-order valence-electron chi connectivity index (χ2n) is 4.59. The van der Waals surface area contributed by atoms with Gasteiger partial charge in [0, 0.05) is 12.5 Å². The Labute approximate surface area is 90.0 Å². The average Bonchev–Trinajstić information content (AvgIpc) is 2.27. The van der Waals surface area contributed by atoms with Crippen molar-refractivity contribution >= 4 is 11.9 Å². The van der Waals surface area contributed by atoms with Crippen molar-refractivity contribution in [3.8, 4) is 0 Å². The molecule has 0 aromatic carbocycles. The van der Waals surface area contributed by atoms with Gasteiger partial charge in [0.05, 0.1) is 6.42 Å². The van der Waals surface area contributed by atoms with Gasteiger partial charge in [-0.25, -0.2) is 0 Å². The fourth-order valence-corrected chi connectivity index (χ4v) is 2.24. The number of rotatable bonds is 3. The highest BCUT2D eigenvalue weighted by atomic mass is 16.4. The summed E-state index contributed by atoms with van der Waals surface area (Å²) in [5.41, 5.74) is 0. The van der Waals surface area contributed by atoms with E-state index in [0.717, 1.165) is 12.8 Å². The Morgan fingerprint density at radius 1 is 1.60 bits per heavy atom. The third-order valence-corrected chi connectivity index (χ3v) is 2.97. The molecule has 2 N–H and O–H groups in total. The Kier molecular flexibility index (Phi) is 4.12. The van der Waals surface area contributed by atoms with Crippen LogP contribution in [0.1, 0.15) is 39.5 Å². The fraction of sp³-hybridized carbons (Fsp3) is 0.818. The Morgan fingerprint density at radius 3 is 2.80 bits per heavy atom. The SMILES string of the molecule is CC(C)[C@H]1NC(=O)CCC[C@@H]1CC(=O)O. The lowest BCUT2D eigenvalue weighted by Gasteiger charge is -2.27. The number of hydrogen-bond donors (Lipinski definition) is 2. The van der Waals surface area contributed by atoms with Crippen LogP contribution in [0.25, 0.3) is 0 Å². The molecule has 4 nitrogen and oxygen atoms in total. The van der Waals surface area contributed by atoms with Crippen molar-refractivity contribution in [2.24, 2.45) is 11.8 Å². The monoisotopic (exact) mass is 213 g/mol. The van der Waals surface area contributed by atoms with Crippen molar-refractivity contribution in [1.29, 1.82) is 0 Å². The van der Waals surface area contributed by atoms with Gasteiger partial charge in [-0.1, -0.05) is 13.8 Å². The van der Waals surface area contributed by atoms with Gasteiger partial charge < -0.3 is 10.4 Å². The van der Waals surface area contributed by atoms with Gasteiger partial charge >= 0.3 is 5.97 Å². The summed E-state index contributed by atoms with van der Waals surface area (Å²) < 4.78 is 0. The topological polar surface area (TPSA) is 66.4 Å². The van der Waals surface area contributed by atoms with Crippen molar-refractivity contribution in [3.05, 3.63) is 0 Å². The molecule has 0 aromatic rings. The van der Waals surface area contributed by atoms with Gasteiger partial charge in [-0.15, -0.1) is 0 Å². The van der Waals surface area contributed by atoms with Crippen LogP contribution in [0.5, 0.6) is 0 Å². The minimum absolute atomic E-state index is 0.0103. The fourth-order valence-electron chi connectivity index (χ4n) is 2.24. The highest BCUT2D eigenvalue weighted by molar-refractivity contribution is 5.76. The van der Waals surface area contributed by atoms with Crippen LogP contribution in [-0.4, -0.2) is 23.0 Å². The number of hydrogen-bond acceptors (Lipinski definition) is 2. The summed E-state index contributed by atoms with van der Waals surface area (Å²) in [5.74, 6) is -0.353. The minimum atomic E-state index is -0.776. The maximum atomic E-state index is 11.4. The zero-order chi connectivity index (χ0) is 11.4. The van der Waals surface area contributed by atoms with E-state index in [1.807, 2.05) is 13.8 Å². The van der Waals surface area contributed by atoms with Crippen LogP contribution in [0, 0.1) is 11.8 Å². The highest BCUT2D eigenvalue weighted by Crippen LogP contribution is 2.25. The van der Waals surface area contributed by atoms with Gasteiger partial charge in [-0.3, -0.25) is 9.59 Å². The molecule has 86 valence electrons. The molecule has 1 amide bonds. The predicted octanol–water partition coefficient (Wildman–Crippen LogP) is 1.40. The lowest BCUT2D eigenvalue weighted by atomic mass is 9.85. The molecule has 0 radical (unpaired) electrons. The Morgan fingerprint density at radius 2 is 2.27 bits per heavy atom. The lowest BCUT2D eigenvalue weighted by molar-refractivity contribution is -0.138. The highest BCUT2D eigenvalue weighted by Gasteiger charge is 2.30. The first-order valence-corrected chi connectivity index (χ1v) is 5.52. The smallest absolute Gasteiger partial charge is 0.303 e. The average molecular weight is 213 g/mol. The molecule has 0 spiro atoms. The summed E-state index contributed by atoms with van der Waals surface area (Å²) in [6.45, 7) is 4.04. The van der Waals surface area contributed by atoms with Crippen LogP contribution in [0.15, 0.2) is 0 Å². The summed E-state index contributed by atoms with van der Waals surface area (Å²) in [4.78, 5) is 22.1. The van der Waals surface area contributed by atoms with Gasteiger partial charge in [-0.05, 0) is 24.7 Å². The molecule has 15 heavy (non-hydrogen) atoms. The van der Waals surface area contributed by atoms with E-state index in [0.29, 0.717) is 6.42 Å². The summed E-state index contributed by atoms with van der Waals surface area (Å²) in [6.07, 6.45) is 2.31. The first-order chi connectivity index (χ1) is 7.00. The normalized spacial score (nSPS) is 27.3. The second kappa shape index (κ2) is 5.14. The summed E-state index contributed by atoms with van der Waals surface area (Å²) in [7, 11) is 0. The van der Waals surface area contributed by atoms with Crippen molar-refractivity contribution in [3.63, 3.8) is 0 Å². The zero-order valence-electron chi connectivity index (χ0n) is 9.32. The molecule has 1 aliphatic rings. The number of carboxylic acids is 1. The summed E-state index contributed by atoms with van der Waals surface area (Å²) in [5, 5.41) is 11.7. The minimum Gasteiger partial charge on any atom is -0.481 e. The van der Waals surface area contributed by atoms with E-state index < -0.39 is 5.97 Å². The molecule has 1 saturated heterocycles. The van der Waals surface area contributed by atoms with Gasteiger partial charge in [-0.2, -0.15) is 0 Å². The van der Waals surface area contributed by atoms with Crippen molar-refractivity contribution in [2.75, 3.05) is 0 Å². The molecule has 1 rings (SSSR count). The molecule has 0 bridgehead atoms. The molecular weight excluding hydrogens is 194 g/mol. The number of nitrogens with one attached hydrogen (secondary N) is 1. The molecule has 0 unspecified atom stereocenters. The van der Waals surface area contributed by atoms with Gasteiger partial charge in [0.25, 0.3) is 0 Å². The molecule has 1 fully saturated rings. The standard InChI is InChI=1S/C11H19NO3/c1-7(2)11-8(6-10(14)15)4-3-5-9(13)12-11/h7-8,11H,3-6H2,1-2H3,(H,12,13)(H,14,15)/t8-,11-/m1/s1. The van der Waals surface area contributed by atoms with Crippen LogP contribution in [0.4, 0.5) is 0 Å². The molecule has 2 atom stereocenters. The number of aliphatic carboxylic acids is 1. The van der Waals surface area contributed by atoms with E-state index in [1.54, 1.807) is 0 Å². The van der Waals surface area contributed by atoms with Crippen LogP contribution in [0.3, 0.4) is 0 Å². The molecule has 1 heterocycles. The van der Waals surface area contributed by atoms with E-state index in [9.17, 15) is 9.59 Å². The van der Waals surface area contributed by atoms with E-state index in [2.05, 4.69) is 5.32 Å². The van der Waals surface area contributed by atoms with E-state index in [-0.39, 0.29) is 30.2 Å². The van der Waals surface area contributed by atoms with Gasteiger partial charge in [0.2, 0.25) is 5.91 Å². The Bertz CT molecular complexity index is 250. The molecule has 0 aliphatic carbocycles. The van der Waals surface area contributed by atoms with E-state index in [1.165, 1.54) is 0 Å². The predicted molar refractivity (Wildman–Crippen MR) is 56.4 cm³/mol. The number of carbonyl (C=O) groups is 2. The number of amides is 1. The van der Waals surface area contributed by atoms with Crippen molar-refractivity contribution in [1.82, 2.24) is 5.32 Å². The maximum absolute atomic E-state index is 11.4. The van der Waals surface area contributed by atoms with Crippen LogP contribution >= 0.6 is 0 Å². The quantitative estimate of drug-likeness (QED) is 0.744. The van der Waals surface area contributed by atoms with Crippen LogP contribution in [0.2, 0.25) is 0 Å². The Hall–Kier alpha value is -1.06. The maximum Gasteiger partial charge on any atom is 0.303 e. The summed E-state index contributed by atoms with van der Waals surface area (Å²) in [6, 6.07) is 0.0103.